The van der Waals surface area contributed by atoms with Crippen LogP contribution in [-0.4, -0.2) is 21.0 Å². The summed E-state index contributed by atoms with van der Waals surface area (Å²) in [5.41, 5.74) is 0.798. The van der Waals surface area contributed by atoms with Crippen molar-refractivity contribution in [3.05, 3.63) is 51.3 Å². The standard InChI is InChI=1S/C10H6ClN3O3/c11-10-7(6-15)5-12-13(10)8-1-3-9(4-2-8)14(16)17/h1-6H. The van der Waals surface area contributed by atoms with Crippen molar-refractivity contribution in [2.75, 3.05) is 0 Å². The van der Waals surface area contributed by atoms with Crippen LogP contribution < -0.4 is 0 Å². The molecule has 1 aromatic heterocycles. The Bertz CT molecular complexity index is 577. The number of carbonyl (C=O) groups is 1. The van der Waals surface area contributed by atoms with Gasteiger partial charge in [0.25, 0.3) is 5.69 Å². The summed E-state index contributed by atoms with van der Waals surface area (Å²) in [5.74, 6) is 0. The first-order chi connectivity index (χ1) is 8.13. The molecule has 6 nitrogen and oxygen atoms in total. The summed E-state index contributed by atoms with van der Waals surface area (Å²) < 4.78 is 1.33. The van der Waals surface area contributed by atoms with E-state index in [-0.39, 0.29) is 16.4 Å². The molecule has 0 unspecified atom stereocenters. The molecule has 0 bridgehead atoms. The van der Waals surface area contributed by atoms with E-state index in [0.717, 1.165) is 0 Å². The predicted octanol–water partition coefficient (Wildman–Crippen LogP) is 2.25. The lowest BCUT2D eigenvalue weighted by Crippen LogP contribution is -1.97. The molecule has 1 heterocycles. The monoisotopic (exact) mass is 251 g/mol. The molecule has 0 atom stereocenters. The Morgan fingerprint density at radius 3 is 2.47 bits per heavy atom. The zero-order chi connectivity index (χ0) is 12.4. The third-order valence-corrected chi connectivity index (χ3v) is 2.55. The van der Waals surface area contributed by atoms with Crippen LogP contribution in [-0.2, 0) is 0 Å². The number of halogens is 1. The molecule has 0 aliphatic carbocycles. The highest BCUT2D eigenvalue weighted by Crippen LogP contribution is 2.20. The number of aldehydes is 1. The lowest BCUT2D eigenvalue weighted by molar-refractivity contribution is -0.384. The van der Waals surface area contributed by atoms with Gasteiger partial charge in [-0.15, -0.1) is 0 Å². The lowest BCUT2D eigenvalue weighted by atomic mass is 10.3. The summed E-state index contributed by atoms with van der Waals surface area (Å²) in [6, 6.07) is 5.69. The normalized spacial score (nSPS) is 10.2. The van der Waals surface area contributed by atoms with Crippen molar-refractivity contribution in [1.82, 2.24) is 9.78 Å². The average molecular weight is 252 g/mol. The molecule has 0 radical (unpaired) electrons. The smallest absolute Gasteiger partial charge is 0.269 e. The number of nitro benzene ring substituents is 1. The molecule has 0 spiro atoms. The number of nitro groups is 1. The Hall–Kier alpha value is -2.21. The molecule has 1 aromatic carbocycles. The molecule has 2 rings (SSSR count). The Morgan fingerprint density at radius 2 is 2.00 bits per heavy atom. The number of rotatable bonds is 3. The van der Waals surface area contributed by atoms with Gasteiger partial charge in [0.15, 0.2) is 6.29 Å². The van der Waals surface area contributed by atoms with E-state index < -0.39 is 4.92 Å². The van der Waals surface area contributed by atoms with Crippen LogP contribution in [0.2, 0.25) is 5.15 Å². The summed E-state index contributed by atoms with van der Waals surface area (Å²) in [6.45, 7) is 0. The number of carbonyl (C=O) groups excluding carboxylic acids is 1. The minimum atomic E-state index is -0.495. The molecule has 7 heteroatoms. The van der Waals surface area contributed by atoms with E-state index in [2.05, 4.69) is 5.10 Å². The first-order valence-corrected chi connectivity index (χ1v) is 4.95. The molecular weight excluding hydrogens is 246 g/mol. The largest absolute Gasteiger partial charge is 0.298 e. The predicted molar refractivity (Wildman–Crippen MR) is 60.6 cm³/mol. The van der Waals surface area contributed by atoms with Gasteiger partial charge in [0.05, 0.1) is 22.4 Å². The Kier molecular flexibility index (Phi) is 2.88. The van der Waals surface area contributed by atoms with Crippen LogP contribution in [0.5, 0.6) is 0 Å². The van der Waals surface area contributed by atoms with E-state index in [4.69, 9.17) is 11.6 Å². The molecule has 0 aliphatic heterocycles. The zero-order valence-corrected chi connectivity index (χ0v) is 9.16. The van der Waals surface area contributed by atoms with Crippen LogP contribution in [0.25, 0.3) is 5.69 Å². The molecule has 0 fully saturated rings. The average Bonchev–Trinajstić information content (AvgIpc) is 2.70. The van der Waals surface area contributed by atoms with Gasteiger partial charge in [-0.2, -0.15) is 5.10 Å². The van der Waals surface area contributed by atoms with Crippen LogP contribution in [0.4, 0.5) is 5.69 Å². The number of nitrogens with zero attached hydrogens (tertiary/aromatic N) is 3. The summed E-state index contributed by atoms with van der Waals surface area (Å²) in [5, 5.41) is 14.6. The number of hydrogen-bond acceptors (Lipinski definition) is 4. The number of benzene rings is 1. The molecule has 0 saturated heterocycles. The van der Waals surface area contributed by atoms with Gasteiger partial charge in [-0.1, -0.05) is 11.6 Å². The molecule has 17 heavy (non-hydrogen) atoms. The van der Waals surface area contributed by atoms with Crippen molar-refractivity contribution < 1.29 is 9.72 Å². The van der Waals surface area contributed by atoms with Gasteiger partial charge in [-0.05, 0) is 12.1 Å². The van der Waals surface area contributed by atoms with Crippen LogP contribution >= 0.6 is 11.6 Å². The zero-order valence-electron chi connectivity index (χ0n) is 8.41. The molecular formula is C10H6ClN3O3. The van der Waals surface area contributed by atoms with Crippen LogP contribution in [0.3, 0.4) is 0 Å². The summed E-state index contributed by atoms with van der Waals surface area (Å²) >= 11 is 5.90. The summed E-state index contributed by atoms with van der Waals surface area (Å²) in [6.07, 6.45) is 1.92. The van der Waals surface area contributed by atoms with Crippen molar-refractivity contribution in [1.29, 1.82) is 0 Å². The summed E-state index contributed by atoms with van der Waals surface area (Å²) in [7, 11) is 0. The summed E-state index contributed by atoms with van der Waals surface area (Å²) in [4.78, 5) is 20.6. The van der Waals surface area contributed by atoms with Crippen LogP contribution in [0, 0.1) is 10.1 Å². The van der Waals surface area contributed by atoms with Crippen molar-refractivity contribution in [2.45, 2.75) is 0 Å². The topological polar surface area (TPSA) is 78.0 Å². The van der Waals surface area contributed by atoms with Gasteiger partial charge >= 0.3 is 0 Å². The quantitative estimate of drug-likeness (QED) is 0.476. The maximum Gasteiger partial charge on any atom is 0.269 e. The minimum Gasteiger partial charge on any atom is -0.298 e. The second-order valence-electron chi connectivity index (χ2n) is 3.19. The third kappa shape index (κ3) is 2.02. The van der Waals surface area contributed by atoms with Gasteiger partial charge in [-0.3, -0.25) is 14.9 Å². The minimum absolute atomic E-state index is 0.0207. The maximum atomic E-state index is 10.6. The van der Waals surface area contributed by atoms with Crippen molar-refractivity contribution in [2.24, 2.45) is 0 Å². The maximum absolute atomic E-state index is 10.6. The van der Waals surface area contributed by atoms with Crippen molar-refractivity contribution in [3.63, 3.8) is 0 Å². The molecule has 0 aliphatic rings. The highest BCUT2D eigenvalue weighted by molar-refractivity contribution is 6.32. The fraction of sp³-hybridized carbons (Fsp3) is 0. The van der Waals surface area contributed by atoms with Gasteiger partial charge in [0.2, 0.25) is 0 Å². The molecule has 86 valence electrons. The second-order valence-corrected chi connectivity index (χ2v) is 3.55. The van der Waals surface area contributed by atoms with Gasteiger partial charge < -0.3 is 0 Å². The Balaban J connectivity index is 2.43. The van der Waals surface area contributed by atoms with E-state index in [1.807, 2.05) is 0 Å². The number of hydrogen-bond donors (Lipinski definition) is 0. The first-order valence-electron chi connectivity index (χ1n) is 4.57. The van der Waals surface area contributed by atoms with Gasteiger partial charge in [0.1, 0.15) is 5.15 Å². The first kappa shape index (κ1) is 11.3. The second kappa shape index (κ2) is 4.34. The highest BCUT2D eigenvalue weighted by atomic mass is 35.5. The highest BCUT2D eigenvalue weighted by Gasteiger charge is 2.10. The fourth-order valence-electron chi connectivity index (χ4n) is 1.32. The lowest BCUT2D eigenvalue weighted by Gasteiger charge is -2.02. The van der Waals surface area contributed by atoms with Gasteiger partial charge in [0, 0.05) is 12.1 Å². The van der Waals surface area contributed by atoms with Crippen molar-refractivity contribution >= 4 is 23.6 Å². The van der Waals surface area contributed by atoms with Crippen LogP contribution in [0.15, 0.2) is 30.5 Å². The Morgan fingerprint density at radius 1 is 1.35 bits per heavy atom. The molecule has 0 N–H and O–H groups in total. The van der Waals surface area contributed by atoms with E-state index in [0.29, 0.717) is 12.0 Å². The van der Waals surface area contributed by atoms with Crippen LogP contribution in [0.1, 0.15) is 10.4 Å². The molecule has 0 saturated carbocycles. The third-order valence-electron chi connectivity index (χ3n) is 2.17. The van der Waals surface area contributed by atoms with E-state index in [9.17, 15) is 14.9 Å². The van der Waals surface area contributed by atoms with E-state index in [1.54, 1.807) is 0 Å². The Labute approximate surface area is 101 Å². The SMILES string of the molecule is O=Cc1cnn(-c2ccc([N+](=O)[O-])cc2)c1Cl. The van der Waals surface area contributed by atoms with Gasteiger partial charge in [-0.25, -0.2) is 4.68 Å². The van der Waals surface area contributed by atoms with Crippen molar-refractivity contribution in [3.8, 4) is 5.69 Å². The molecule has 0 amide bonds. The van der Waals surface area contributed by atoms with E-state index in [1.165, 1.54) is 35.1 Å². The fourth-order valence-corrected chi connectivity index (χ4v) is 1.56. The number of non-ortho nitro benzene ring substituents is 1. The molecule has 2 aromatic rings. The van der Waals surface area contributed by atoms with E-state index >= 15 is 0 Å². The number of aromatic nitrogens is 2.